The number of aryl methyl sites for hydroxylation is 1. The van der Waals surface area contributed by atoms with Gasteiger partial charge in [-0.3, -0.25) is 4.79 Å². The molecule has 36 heavy (non-hydrogen) atoms. The fraction of sp³-hybridized carbons (Fsp3) is 0.120. The van der Waals surface area contributed by atoms with Gasteiger partial charge < -0.3 is 14.7 Å². The zero-order valence-corrected chi connectivity index (χ0v) is 19.4. The van der Waals surface area contributed by atoms with Crippen LogP contribution in [0.25, 0.3) is 28.1 Å². The van der Waals surface area contributed by atoms with E-state index in [0.717, 1.165) is 16.8 Å². The molecule has 2 aromatic carbocycles. The minimum Gasteiger partial charge on any atom is -0.478 e. The van der Waals surface area contributed by atoms with Gasteiger partial charge in [0.2, 0.25) is 0 Å². The van der Waals surface area contributed by atoms with Crippen molar-refractivity contribution in [2.75, 3.05) is 0 Å². The highest BCUT2D eigenvalue weighted by atomic mass is 35.5. The molecular weight excluding hydrogens is 482 g/mol. The van der Waals surface area contributed by atoms with Crippen molar-refractivity contribution in [3.63, 3.8) is 0 Å². The van der Waals surface area contributed by atoms with E-state index in [9.17, 15) is 14.7 Å². The van der Waals surface area contributed by atoms with Crippen LogP contribution in [0.2, 0.25) is 5.02 Å². The van der Waals surface area contributed by atoms with Gasteiger partial charge in [0.15, 0.2) is 0 Å². The second-order valence-corrected chi connectivity index (χ2v) is 8.92. The highest BCUT2D eigenvalue weighted by Crippen LogP contribution is 2.34. The Hall–Kier alpha value is -4.57. The molecule has 1 aliphatic heterocycles. The lowest BCUT2D eigenvalue weighted by molar-refractivity contribution is 0.0697. The first kappa shape index (κ1) is 21.9. The Morgan fingerprint density at radius 3 is 2.81 bits per heavy atom. The van der Waals surface area contributed by atoms with Crippen molar-refractivity contribution in [2.45, 2.75) is 18.9 Å². The van der Waals surface area contributed by atoms with Crippen molar-refractivity contribution in [1.29, 1.82) is 0 Å². The Labute approximate surface area is 208 Å². The predicted octanol–water partition coefficient (Wildman–Crippen LogP) is 3.77. The van der Waals surface area contributed by atoms with Crippen LogP contribution in [-0.2, 0) is 6.42 Å². The third-order valence-corrected chi connectivity index (χ3v) is 6.57. The summed E-state index contributed by atoms with van der Waals surface area (Å²) in [6, 6.07) is 15.3. The number of rotatable bonds is 5. The summed E-state index contributed by atoms with van der Waals surface area (Å²) in [5.74, 6) is -0.344. The standard InChI is InChI=1S/C25H18ClN7O3/c26-17-4-6-21(32-13-28-30-31-32)19(11-17)16-9-18-5-7-22(33(18)23(34)10-16)24-27-12-20(29-24)14-2-1-3-15(8-14)25(35)36/h1-4,6,8-13,22H,5,7H2,(H,27,29)(H,35,36)/t22-/m0/s1. The lowest BCUT2D eigenvalue weighted by Crippen LogP contribution is -2.23. The van der Waals surface area contributed by atoms with E-state index in [1.54, 1.807) is 41.1 Å². The molecule has 0 amide bonds. The summed E-state index contributed by atoms with van der Waals surface area (Å²) in [5.41, 5.74) is 4.52. The fourth-order valence-electron chi connectivity index (χ4n) is 4.69. The maximum atomic E-state index is 13.3. The number of benzene rings is 2. The lowest BCUT2D eigenvalue weighted by atomic mass is 10.0. The summed E-state index contributed by atoms with van der Waals surface area (Å²) in [4.78, 5) is 32.5. The minimum atomic E-state index is -0.994. The zero-order valence-electron chi connectivity index (χ0n) is 18.7. The number of aromatic amines is 1. The van der Waals surface area contributed by atoms with Crippen LogP contribution in [-0.4, -0.2) is 45.8 Å². The van der Waals surface area contributed by atoms with Gasteiger partial charge in [0.1, 0.15) is 12.2 Å². The van der Waals surface area contributed by atoms with Gasteiger partial charge >= 0.3 is 5.97 Å². The summed E-state index contributed by atoms with van der Waals surface area (Å²) in [6.45, 7) is 0. The number of carboxylic acid groups (broad SMARTS) is 1. The Balaban J connectivity index is 1.37. The molecule has 6 rings (SSSR count). The third kappa shape index (κ3) is 3.77. The molecule has 11 heteroatoms. The number of nitrogens with one attached hydrogen (secondary N) is 1. The average molecular weight is 500 g/mol. The lowest BCUT2D eigenvalue weighted by Gasteiger charge is -2.15. The molecule has 10 nitrogen and oxygen atoms in total. The van der Waals surface area contributed by atoms with Gasteiger partial charge in [-0.25, -0.2) is 9.78 Å². The van der Waals surface area contributed by atoms with E-state index in [2.05, 4.69) is 25.5 Å². The summed E-state index contributed by atoms with van der Waals surface area (Å²) < 4.78 is 3.28. The van der Waals surface area contributed by atoms with Gasteiger partial charge in [0, 0.05) is 27.9 Å². The molecule has 4 heterocycles. The number of hydrogen-bond donors (Lipinski definition) is 2. The molecule has 0 fully saturated rings. The van der Waals surface area contributed by atoms with E-state index in [1.165, 1.54) is 17.1 Å². The van der Waals surface area contributed by atoms with Gasteiger partial charge in [0.05, 0.1) is 29.2 Å². The number of fused-ring (bicyclic) bond motifs is 1. The number of aromatic carboxylic acids is 1. The number of pyridine rings is 1. The summed E-state index contributed by atoms with van der Waals surface area (Å²) >= 11 is 6.28. The van der Waals surface area contributed by atoms with Crippen LogP contribution < -0.4 is 5.56 Å². The molecule has 1 aliphatic rings. The largest absolute Gasteiger partial charge is 0.478 e. The monoisotopic (exact) mass is 499 g/mol. The molecule has 0 saturated carbocycles. The predicted molar refractivity (Wildman–Crippen MR) is 131 cm³/mol. The van der Waals surface area contributed by atoms with Crippen LogP contribution in [0.4, 0.5) is 0 Å². The van der Waals surface area contributed by atoms with E-state index < -0.39 is 5.97 Å². The fourth-order valence-corrected chi connectivity index (χ4v) is 4.86. The first-order valence-corrected chi connectivity index (χ1v) is 11.5. The van der Waals surface area contributed by atoms with E-state index in [-0.39, 0.29) is 17.2 Å². The van der Waals surface area contributed by atoms with Crippen molar-refractivity contribution in [3.8, 4) is 28.1 Å². The van der Waals surface area contributed by atoms with Crippen molar-refractivity contribution in [3.05, 3.63) is 99.6 Å². The number of tetrazole rings is 1. The van der Waals surface area contributed by atoms with Gasteiger partial charge in [-0.05, 0) is 65.2 Å². The van der Waals surface area contributed by atoms with Crippen LogP contribution >= 0.6 is 11.6 Å². The molecule has 0 unspecified atom stereocenters. The number of nitrogens with zero attached hydrogens (tertiary/aromatic N) is 6. The molecule has 0 bridgehead atoms. The Morgan fingerprint density at radius 2 is 2.00 bits per heavy atom. The second-order valence-electron chi connectivity index (χ2n) is 8.48. The van der Waals surface area contributed by atoms with Gasteiger partial charge in [-0.1, -0.05) is 23.7 Å². The highest BCUT2D eigenvalue weighted by molar-refractivity contribution is 6.31. The van der Waals surface area contributed by atoms with Crippen LogP contribution in [0, 0.1) is 0 Å². The van der Waals surface area contributed by atoms with E-state index in [0.29, 0.717) is 40.6 Å². The Bertz CT molecular complexity index is 1670. The second kappa shape index (κ2) is 8.58. The Morgan fingerprint density at radius 1 is 1.11 bits per heavy atom. The first-order valence-electron chi connectivity index (χ1n) is 11.2. The number of carboxylic acids is 1. The minimum absolute atomic E-state index is 0.154. The molecule has 0 aliphatic carbocycles. The van der Waals surface area contributed by atoms with Crippen molar-refractivity contribution in [1.82, 2.24) is 34.7 Å². The van der Waals surface area contributed by atoms with Crippen molar-refractivity contribution in [2.24, 2.45) is 0 Å². The smallest absolute Gasteiger partial charge is 0.335 e. The van der Waals surface area contributed by atoms with Crippen molar-refractivity contribution >= 4 is 17.6 Å². The summed E-state index contributed by atoms with van der Waals surface area (Å²) in [6.07, 6.45) is 4.55. The molecule has 0 radical (unpaired) electrons. The molecule has 5 aromatic rings. The van der Waals surface area contributed by atoms with E-state index in [1.807, 2.05) is 18.2 Å². The summed E-state index contributed by atoms with van der Waals surface area (Å²) in [5, 5.41) is 21.2. The number of hydrogen-bond acceptors (Lipinski definition) is 6. The van der Waals surface area contributed by atoms with Gasteiger partial charge in [0.25, 0.3) is 5.56 Å². The molecule has 2 N–H and O–H groups in total. The molecule has 0 saturated heterocycles. The number of carbonyl (C=O) groups is 1. The van der Waals surface area contributed by atoms with Crippen LogP contribution in [0.5, 0.6) is 0 Å². The first-order chi connectivity index (χ1) is 17.5. The zero-order chi connectivity index (χ0) is 24.8. The van der Waals surface area contributed by atoms with E-state index >= 15 is 0 Å². The van der Waals surface area contributed by atoms with Crippen LogP contribution in [0.3, 0.4) is 0 Å². The van der Waals surface area contributed by atoms with Crippen LogP contribution in [0.15, 0.2) is 71.9 Å². The number of imidazole rings is 1. The molecule has 1 atom stereocenters. The van der Waals surface area contributed by atoms with Gasteiger partial charge in [-0.2, -0.15) is 4.68 Å². The molecule has 178 valence electrons. The summed E-state index contributed by atoms with van der Waals surface area (Å²) in [7, 11) is 0. The number of H-pyrrole nitrogens is 1. The topological polar surface area (TPSA) is 132 Å². The quantitative estimate of drug-likeness (QED) is 0.376. The highest BCUT2D eigenvalue weighted by Gasteiger charge is 2.28. The maximum Gasteiger partial charge on any atom is 0.335 e. The molecule has 0 spiro atoms. The maximum absolute atomic E-state index is 13.3. The molecule has 3 aromatic heterocycles. The van der Waals surface area contributed by atoms with Gasteiger partial charge in [-0.15, -0.1) is 5.10 Å². The van der Waals surface area contributed by atoms with E-state index in [4.69, 9.17) is 11.6 Å². The number of aromatic nitrogens is 7. The average Bonchev–Trinajstić information content (AvgIpc) is 3.64. The normalized spacial score (nSPS) is 14.6. The van der Waals surface area contributed by atoms with Crippen molar-refractivity contribution < 1.29 is 9.90 Å². The number of halogens is 1. The third-order valence-electron chi connectivity index (χ3n) is 6.33. The SMILES string of the molecule is O=C(O)c1cccc(-c2cnc([C@@H]3CCc4cc(-c5cc(Cl)ccc5-n5cnnn5)cc(=O)n43)[nH]2)c1. The molecular formula is C25H18ClN7O3. The van der Waals surface area contributed by atoms with Crippen LogP contribution in [0.1, 0.15) is 34.3 Å². The Kier molecular flexibility index (Phi) is 5.23.